The summed E-state index contributed by atoms with van der Waals surface area (Å²) in [6.07, 6.45) is 0.974. The van der Waals surface area contributed by atoms with Crippen LogP contribution in [0.4, 0.5) is 5.69 Å². The lowest BCUT2D eigenvalue weighted by atomic mass is 9.83. The third kappa shape index (κ3) is 2.15. The minimum Gasteiger partial charge on any atom is -0.388 e. The molecule has 3 nitrogen and oxygen atoms in total. The molecule has 0 radical (unpaired) electrons. The quantitative estimate of drug-likeness (QED) is 0.887. The number of carbonyl (C=O) groups is 1. The Labute approximate surface area is 119 Å². The third-order valence-corrected chi connectivity index (χ3v) is 4.43. The van der Waals surface area contributed by atoms with Crippen LogP contribution in [0.15, 0.2) is 6.07 Å². The maximum Gasteiger partial charge on any atom is 0.234 e. The standard InChI is InChI=1S/C15H20ClNO2/c1-5-6-11(18)9-7-10-13(8(2)12(9)16)17-14(19)15(10,3)4/h7,11,18H,5-6H2,1-4H3,(H,17,19). The Morgan fingerprint density at radius 3 is 2.68 bits per heavy atom. The summed E-state index contributed by atoms with van der Waals surface area (Å²) in [5.74, 6) is -0.0243. The van der Waals surface area contributed by atoms with Crippen LogP contribution in [-0.2, 0) is 10.2 Å². The molecule has 104 valence electrons. The first-order valence-corrected chi connectivity index (χ1v) is 7.01. The number of nitrogens with one attached hydrogen (secondary N) is 1. The van der Waals surface area contributed by atoms with E-state index in [4.69, 9.17) is 11.6 Å². The minimum atomic E-state index is -0.578. The van der Waals surface area contributed by atoms with Crippen LogP contribution < -0.4 is 5.32 Å². The second-order valence-corrected chi connectivity index (χ2v) is 6.09. The molecule has 1 aromatic carbocycles. The molecular formula is C15H20ClNO2. The van der Waals surface area contributed by atoms with Gasteiger partial charge in [0, 0.05) is 5.69 Å². The molecule has 19 heavy (non-hydrogen) atoms. The van der Waals surface area contributed by atoms with E-state index in [9.17, 15) is 9.90 Å². The fourth-order valence-electron chi connectivity index (χ4n) is 2.54. The second kappa shape index (κ2) is 4.80. The zero-order chi connectivity index (χ0) is 14.4. The van der Waals surface area contributed by atoms with Crippen LogP contribution in [0.1, 0.15) is 56.4 Å². The topological polar surface area (TPSA) is 49.3 Å². The van der Waals surface area contributed by atoms with Crippen molar-refractivity contribution in [1.29, 1.82) is 0 Å². The lowest BCUT2D eigenvalue weighted by Crippen LogP contribution is -2.26. The number of rotatable bonds is 3. The van der Waals surface area contributed by atoms with E-state index in [0.29, 0.717) is 11.4 Å². The number of aliphatic hydroxyl groups is 1. The van der Waals surface area contributed by atoms with Gasteiger partial charge in [0.1, 0.15) is 0 Å². The Balaban J connectivity index is 2.60. The van der Waals surface area contributed by atoms with Gasteiger partial charge in [-0.2, -0.15) is 0 Å². The van der Waals surface area contributed by atoms with Gasteiger partial charge in [0.15, 0.2) is 0 Å². The van der Waals surface area contributed by atoms with Gasteiger partial charge in [0.25, 0.3) is 0 Å². The molecule has 1 unspecified atom stereocenters. The average Bonchev–Trinajstić information content (AvgIpc) is 2.56. The number of hydrogen-bond donors (Lipinski definition) is 2. The van der Waals surface area contributed by atoms with Gasteiger partial charge in [0.2, 0.25) is 5.91 Å². The Morgan fingerprint density at radius 2 is 2.11 bits per heavy atom. The van der Waals surface area contributed by atoms with Gasteiger partial charge in [-0.05, 0) is 49.9 Å². The molecular weight excluding hydrogens is 262 g/mol. The summed E-state index contributed by atoms with van der Waals surface area (Å²) in [6, 6.07) is 1.88. The molecule has 1 heterocycles. The van der Waals surface area contributed by atoms with E-state index in [-0.39, 0.29) is 5.91 Å². The van der Waals surface area contributed by atoms with Gasteiger partial charge < -0.3 is 10.4 Å². The van der Waals surface area contributed by atoms with E-state index >= 15 is 0 Å². The molecule has 1 aliphatic rings. The largest absolute Gasteiger partial charge is 0.388 e. The van der Waals surface area contributed by atoms with Crippen LogP contribution in [0, 0.1) is 6.92 Å². The van der Waals surface area contributed by atoms with Crippen molar-refractivity contribution in [3.8, 4) is 0 Å². The second-order valence-electron chi connectivity index (χ2n) is 5.71. The molecule has 0 saturated carbocycles. The van der Waals surface area contributed by atoms with Crippen LogP contribution in [0.2, 0.25) is 5.02 Å². The first-order valence-electron chi connectivity index (χ1n) is 6.63. The van der Waals surface area contributed by atoms with Gasteiger partial charge in [-0.3, -0.25) is 4.79 Å². The summed E-state index contributed by atoms with van der Waals surface area (Å²) < 4.78 is 0. The molecule has 1 aliphatic heterocycles. The fraction of sp³-hybridized carbons (Fsp3) is 0.533. The van der Waals surface area contributed by atoms with Crippen molar-refractivity contribution >= 4 is 23.2 Å². The Kier molecular flexibility index (Phi) is 3.63. The van der Waals surface area contributed by atoms with Crippen molar-refractivity contribution in [3.63, 3.8) is 0 Å². The number of aliphatic hydroxyl groups excluding tert-OH is 1. The molecule has 4 heteroatoms. The summed E-state index contributed by atoms with van der Waals surface area (Å²) in [5, 5.41) is 13.6. The number of hydrogen-bond acceptors (Lipinski definition) is 2. The molecule has 0 saturated heterocycles. The van der Waals surface area contributed by atoms with Crippen LogP contribution in [0.5, 0.6) is 0 Å². The highest BCUT2D eigenvalue weighted by Crippen LogP contribution is 2.44. The number of amides is 1. The summed E-state index contributed by atoms with van der Waals surface area (Å²) in [4.78, 5) is 12.0. The smallest absolute Gasteiger partial charge is 0.234 e. The molecule has 0 aliphatic carbocycles. The fourth-order valence-corrected chi connectivity index (χ4v) is 2.81. The molecule has 2 rings (SSSR count). The molecule has 0 spiro atoms. The predicted octanol–water partition coefficient (Wildman–Crippen LogP) is 3.71. The third-order valence-electron chi connectivity index (χ3n) is 3.93. The average molecular weight is 282 g/mol. The van der Waals surface area contributed by atoms with Crippen molar-refractivity contribution < 1.29 is 9.90 Å². The molecule has 1 atom stereocenters. The molecule has 1 amide bonds. The van der Waals surface area contributed by atoms with Crippen molar-refractivity contribution in [3.05, 3.63) is 27.8 Å². The molecule has 0 fully saturated rings. The number of anilines is 1. The SMILES string of the molecule is CCCC(O)c1cc2c(c(C)c1Cl)NC(=O)C2(C)C. The van der Waals surface area contributed by atoms with E-state index in [1.54, 1.807) is 0 Å². The van der Waals surface area contributed by atoms with E-state index in [1.807, 2.05) is 33.8 Å². The molecule has 0 bridgehead atoms. The van der Waals surface area contributed by atoms with Crippen molar-refractivity contribution in [2.75, 3.05) is 5.32 Å². The molecule has 0 aromatic heterocycles. The normalized spacial score (nSPS) is 18.1. The molecule has 1 aromatic rings. The van der Waals surface area contributed by atoms with Crippen molar-refractivity contribution in [2.24, 2.45) is 0 Å². The minimum absolute atomic E-state index is 0.0243. The highest BCUT2D eigenvalue weighted by atomic mass is 35.5. The van der Waals surface area contributed by atoms with Crippen LogP contribution in [0.3, 0.4) is 0 Å². The number of benzene rings is 1. The van der Waals surface area contributed by atoms with Crippen LogP contribution in [-0.4, -0.2) is 11.0 Å². The lowest BCUT2D eigenvalue weighted by molar-refractivity contribution is -0.119. The number of fused-ring (bicyclic) bond motifs is 1. The predicted molar refractivity (Wildman–Crippen MR) is 77.7 cm³/mol. The van der Waals surface area contributed by atoms with E-state index in [1.165, 1.54) is 0 Å². The Morgan fingerprint density at radius 1 is 1.47 bits per heavy atom. The summed E-state index contributed by atoms with van der Waals surface area (Å²) in [6.45, 7) is 7.67. The summed E-state index contributed by atoms with van der Waals surface area (Å²) in [5.41, 5.74) is 2.70. The zero-order valence-electron chi connectivity index (χ0n) is 11.8. The molecule has 2 N–H and O–H groups in total. The summed E-state index contributed by atoms with van der Waals surface area (Å²) in [7, 11) is 0. The summed E-state index contributed by atoms with van der Waals surface area (Å²) >= 11 is 6.34. The van der Waals surface area contributed by atoms with Gasteiger partial charge in [-0.25, -0.2) is 0 Å². The monoisotopic (exact) mass is 281 g/mol. The lowest BCUT2D eigenvalue weighted by Gasteiger charge is -2.20. The van der Waals surface area contributed by atoms with E-state index in [2.05, 4.69) is 5.32 Å². The van der Waals surface area contributed by atoms with E-state index < -0.39 is 11.5 Å². The van der Waals surface area contributed by atoms with Gasteiger partial charge in [0.05, 0.1) is 16.5 Å². The zero-order valence-corrected chi connectivity index (χ0v) is 12.6. The van der Waals surface area contributed by atoms with Crippen LogP contribution in [0.25, 0.3) is 0 Å². The van der Waals surface area contributed by atoms with Gasteiger partial charge >= 0.3 is 0 Å². The maximum atomic E-state index is 12.0. The van der Waals surface area contributed by atoms with Crippen molar-refractivity contribution in [1.82, 2.24) is 0 Å². The van der Waals surface area contributed by atoms with Crippen molar-refractivity contribution in [2.45, 2.75) is 52.1 Å². The highest BCUT2D eigenvalue weighted by molar-refractivity contribution is 6.33. The van der Waals surface area contributed by atoms with Crippen LogP contribution >= 0.6 is 11.6 Å². The van der Waals surface area contributed by atoms with E-state index in [0.717, 1.165) is 28.8 Å². The van der Waals surface area contributed by atoms with Gasteiger partial charge in [-0.15, -0.1) is 0 Å². The Bertz CT molecular complexity index is 537. The number of halogens is 1. The first-order chi connectivity index (χ1) is 8.80. The first kappa shape index (κ1) is 14.4. The Hall–Kier alpha value is -1.06. The number of carbonyl (C=O) groups excluding carboxylic acids is 1. The highest BCUT2D eigenvalue weighted by Gasteiger charge is 2.40. The maximum absolute atomic E-state index is 12.0. The van der Waals surface area contributed by atoms with Gasteiger partial charge in [-0.1, -0.05) is 24.9 Å².